The van der Waals surface area contributed by atoms with Gasteiger partial charge in [0.2, 0.25) is 0 Å². The zero-order valence-corrected chi connectivity index (χ0v) is 11.0. The van der Waals surface area contributed by atoms with Crippen LogP contribution in [0.1, 0.15) is 35.1 Å². The molecule has 0 radical (unpaired) electrons. The molecule has 0 heterocycles. The van der Waals surface area contributed by atoms with Gasteiger partial charge in [0.25, 0.3) is 0 Å². The van der Waals surface area contributed by atoms with E-state index in [1.807, 2.05) is 0 Å². The predicted octanol–water partition coefficient (Wildman–Crippen LogP) is 2.70. The average Bonchev–Trinajstić information content (AvgIpc) is 2.36. The molecule has 1 aromatic carbocycles. The molecule has 1 aliphatic carbocycles. The zero-order chi connectivity index (χ0) is 13.1. The zero-order valence-electron chi connectivity index (χ0n) is 11.0. The molecule has 1 aromatic rings. The number of hydrogen-bond donors (Lipinski definition) is 1. The summed E-state index contributed by atoms with van der Waals surface area (Å²) in [5, 5.41) is 4.17. The van der Waals surface area contributed by atoms with Crippen LogP contribution in [0.3, 0.4) is 0 Å². The molecule has 1 N–H and O–H groups in total. The molecule has 18 heavy (non-hydrogen) atoms. The van der Waals surface area contributed by atoms with Crippen molar-refractivity contribution in [3.63, 3.8) is 0 Å². The molecule has 4 nitrogen and oxygen atoms in total. The molecule has 0 fully saturated rings. The summed E-state index contributed by atoms with van der Waals surface area (Å²) in [6.07, 6.45) is 2.51. The summed E-state index contributed by atoms with van der Waals surface area (Å²) in [7, 11) is 1.33. The van der Waals surface area contributed by atoms with E-state index in [1.54, 1.807) is 0 Å². The highest BCUT2D eigenvalue weighted by Gasteiger charge is 2.18. The van der Waals surface area contributed by atoms with Gasteiger partial charge in [-0.05, 0) is 50.3 Å². The van der Waals surface area contributed by atoms with Gasteiger partial charge in [-0.2, -0.15) is 5.10 Å². The summed E-state index contributed by atoms with van der Waals surface area (Å²) in [4.78, 5) is 11.1. The van der Waals surface area contributed by atoms with Crippen molar-refractivity contribution < 1.29 is 9.53 Å². The van der Waals surface area contributed by atoms with Crippen molar-refractivity contribution in [2.24, 2.45) is 5.10 Å². The normalized spacial score (nSPS) is 16.3. The Kier molecular flexibility index (Phi) is 3.65. The highest BCUT2D eigenvalue weighted by Crippen LogP contribution is 2.26. The minimum absolute atomic E-state index is 0.529. The van der Waals surface area contributed by atoms with Crippen LogP contribution in [-0.2, 0) is 11.2 Å². The standard InChI is InChI=1S/C14H18N2O2/c1-9-7-10(2)11-5-4-6-13(12(11)8-9)15-16-14(17)18-3/h7-8H,4-6H2,1-3H3,(H,16,17)/b15-13-. The Morgan fingerprint density at radius 3 is 2.83 bits per heavy atom. The van der Waals surface area contributed by atoms with Gasteiger partial charge in [-0.3, -0.25) is 0 Å². The summed E-state index contributed by atoms with van der Waals surface area (Å²) >= 11 is 0. The fourth-order valence-electron chi connectivity index (χ4n) is 2.43. The van der Waals surface area contributed by atoms with Gasteiger partial charge < -0.3 is 4.74 Å². The molecule has 0 saturated heterocycles. The summed E-state index contributed by atoms with van der Waals surface area (Å²) in [6.45, 7) is 4.20. The van der Waals surface area contributed by atoms with Crippen LogP contribution >= 0.6 is 0 Å². The quantitative estimate of drug-likeness (QED) is 0.774. The Balaban J connectivity index is 2.35. The van der Waals surface area contributed by atoms with E-state index in [0.717, 1.165) is 30.5 Å². The van der Waals surface area contributed by atoms with Crippen LogP contribution in [0.25, 0.3) is 0 Å². The Hall–Kier alpha value is -1.84. The second-order valence-corrected chi connectivity index (χ2v) is 4.62. The largest absolute Gasteiger partial charge is 0.452 e. The summed E-state index contributed by atoms with van der Waals surface area (Å²) in [6, 6.07) is 4.33. The van der Waals surface area contributed by atoms with Crippen LogP contribution in [-0.4, -0.2) is 18.9 Å². The van der Waals surface area contributed by atoms with Crippen molar-refractivity contribution in [2.75, 3.05) is 7.11 Å². The smallest absolute Gasteiger partial charge is 0.427 e. The van der Waals surface area contributed by atoms with Gasteiger partial charge in [0, 0.05) is 5.56 Å². The van der Waals surface area contributed by atoms with E-state index in [0.29, 0.717) is 0 Å². The summed E-state index contributed by atoms with van der Waals surface area (Å²) in [5.41, 5.74) is 8.38. The highest BCUT2D eigenvalue weighted by molar-refractivity contribution is 6.03. The number of hydrazone groups is 1. The molecule has 0 unspecified atom stereocenters. The van der Waals surface area contributed by atoms with E-state index in [-0.39, 0.29) is 0 Å². The van der Waals surface area contributed by atoms with Crippen molar-refractivity contribution in [2.45, 2.75) is 33.1 Å². The Morgan fingerprint density at radius 1 is 1.33 bits per heavy atom. The monoisotopic (exact) mass is 246 g/mol. The summed E-state index contributed by atoms with van der Waals surface area (Å²) < 4.78 is 4.52. The van der Waals surface area contributed by atoms with Crippen molar-refractivity contribution in [1.82, 2.24) is 5.43 Å². The maximum atomic E-state index is 11.1. The molecular formula is C14H18N2O2. The SMILES string of the molecule is COC(=O)N/N=C1/CCCc2c(C)cc(C)cc21. The average molecular weight is 246 g/mol. The highest BCUT2D eigenvalue weighted by atomic mass is 16.5. The maximum absolute atomic E-state index is 11.1. The van der Waals surface area contributed by atoms with E-state index in [4.69, 9.17) is 0 Å². The number of hydrogen-bond acceptors (Lipinski definition) is 3. The number of benzene rings is 1. The van der Waals surface area contributed by atoms with Gasteiger partial charge >= 0.3 is 6.09 Å². The van der Waals surface area contributed by atoms with Gasteiger partial charge in [-0.15, -0.1) is 0 Å². The van der Waals surface area contributed by atoms with E-state index >= 15 is 0 Å². The van der Waals surface area contributed by atoms with Crippen molar-refractivity contribution in [3.8, 4) is 0 Å². The molecule has 1 amide bonds. The third-order valence-electron chi connectivity index (χ3n) is 3.24. The fourth-order valence-corrected chi connectivity index (χ4v) is 2.43. The number of rotatable bonds is 1. The van der Waals surface area contributed by atoms with E-state index in [2.05, 4.69) is 41.2 Å². The minimum atomic E-state index is -0.529. The van der Waals surface area contributed by atoms with Gasteiger partial charge in [0.1, 0.15) is 0 Å². The van der Waals surface area contributed by atoms with E-state index in [9.17, 15) is 4.79 Å². The lowest BCUT2D eigenvalue weighted by atomic mass is 9.86. The molecule has 0 aliphatic heterocycles. The number of amides is 1. The van der Waals surface area contributed by atoms with Gasteiger partial charge in [0.05, 0.1) is 12.8 Å². The van der Waals surface area contributed by atoms with E-state index < -0.39 is 6.09 Å². The molecular weight excluding hydrogens is 228 g/mol. The summed E-state index contributed by atoms with van der Waals surface area (Å²) in [5.74, 6) is 0. The van der Waals surface area contributed by atoms with E-state index in [1.165, 1.54) is 23.8 Å². The molecule has 0 bridgehead atoms. The molecule has 4 heteroatoms. The Bertz CT molecular complexity index is 507. The van der Waals surface area contributed by atoms with Crippen molar-refractivity contribution in [1.29, 1.82) is 0 Å². The van der Waals surface area contributed by atoms with Crippen LogP contribution in [0.15, 0.2) is 17.2 Å². The van der Waals surface area contributed by atoms with Crippen LogP contribution in [0.5, 0.6) is 0 Å². The molecule has 0 spiro atoms. The van der Waals surface area contributed by atoms with Crippen LogP contribution in [0.4, 0.5) is 4.79 Å². The molecule has 0 saturated carbocycles. The first-order valence-electron chi connectivity index (χ1n) is 6.13. The van der Waals surface area contributed by atoms with Crippen LogP contribution < -0.4 is 5.43 Å². The second kappa shape index (κ2) is 5.21. The number of aryl methyl sites for hydroxylation is 2. The second-order valence-electron chi connectivity index (χ2n) is 4.62. The van der Waals surface area contributed by atoms with Crippen LogP contribution in [0, 0.1) is 13.8 Å². The lowest BCUT2D eigenvalue weighted by molar-refractivity contribution is 0.171. The molecule has 96 valence electrons. The Morgan fingerprint density at radius 2 is 2.11 bits per heavy atom. The lowest BCUT2D eigenvalue weighted by Crippen LogP contribution is -2.22. The number of nitrogens with zero attached hydrogens (tertiary/aromatic N) is 1. The lowest BCUT2D eigenvalue weighted by Gasteiger charge is -2.20. The van der Waals surface area contributed by atoms with Gasteiger partial charge in [0.15, 0.2) is 0 Å². The minimum Gasteiger partial charge on any atom is -0.452 e. The predicted molar refractivity (Wildman–Crippen MR) is 70.9 cm³/mol. The van der Waals surface area contributed by atoms with Crippen molar-refractivity contribution in [3.05, 3.63) is 34.4 Å². The number of carbonyl (C=O) groups is 1. The number of carbonyl (C=O) groups excluding carboxylic acids is 1. The first kappa shape index (κ1) is 12.6. The maximum Gasteiger partial charge on any atom is 0.427 e. The number of ether oxygens (including phenoxy) is 1. The van der Waals surface area contributed by atoms with Gasteiger partial charge in [-0.25, -0.2) is 10.2 Å². The first-order valence-corrected chi connectivity index (χ1v) is 6.13. The number of methoxy groups -OCH3 is 1. The molecule has 0 aromatic heterocycles. The molecule has 1 aliphatic rings. The molecule has 0 atom stereocenters. The molecule has 2 rings (SSSR count). The fraction of sp³-hybridized carbons (Fsp3) is 0.429. The third-order valence-corrected chi connectivity index (χ3v) is 3.24. The third kappa shape index (κ3) is 2.53. The first-order chi connectivity index (χ1) is 8.61. The van der Waals surface area contributed by atoms with Crippen LogP contribution in [0.2, 0.25) is 0 Å². The Labute approximate surface area is 107 Å². The topological polar surface area (TPSA) is 50.7 Å². The van der Waals surface area contributed by atoms with Crippen molar-refractivity contribution >= 4 is 11.8 Å². The number of fused-ring (bicyclic) bond motifs is 1. The van der Waals surface area contributed by atoms with Gasteiger partial charge in [-0.1, -0.05) is 11.6 Å². The number of nitrogens with one attached hydrogen (secondary N) is 1.